The lowest BCUT2D eigenvalue weighted by Gasteiger charge is -2.24. The van der Waals surface area contributed by atoms with Crippen molar-refractivity contribution in [1.82, 2.24) is 24.8 Å². The number of carbonyl (C=O) groups excluding carboxylic acids is 1. The maximum atomic E-state index is 12.8. The maximum absolute atomic E-state index is 12.8. The fourth-order valence-electron chi connectivity index (χ4n) is 3.24. The number of nitrogens with zero attached hydrogens (tertiary/aromatic N) is 4. The minimum Gasteiger partial charge on any atom is -0.382 e. The Balaban J connectivity index is 1.69. The quantitative estimate of drug-likeness (QED) is 0.484. The molecule has 0 aliphatic carbocycles. The minimum atomic E-state index is -3.07. The number of hydrogen-bond donors (Lipinski definition) is 2. The van der Waals surface area contributed by atoms with Crippen LogP contribution in [0, 0.1) is 3.83 Å². The van der Waals surface area contributed by atoms with Crippen LogP contribution >= 0.6 is 22.6 Å². The Morgan fingerprint density at radius 2 is 2.27 bits per heavy atom. The summed E-state index contributed by atoms with van der Waals surface area (Å²) in [6.07, 6.45) is -2.55. The van der Waals surface area contributed by atoms with Gasteiger partial charge < -0.3 is 25.3 Å². The monoisotopic (exact) mass is 479 g/mol. The summed E-state index contributed by atoms with van der Waals surface area (Å²) in [5, 5.41) is 1.90. The SMILES string of the molecule is [2H]C([2H])([2H])C([2H])([2H])NC(=O)[C@H]1O[C@@H](n2cnc3c(N)nc(I)nc32)C2OC(C)(C)OC21. The molecule has 2 aliphatic heterocycles. The van der Waals surface area contributed by atoms with Gasteiger partial charge in [-0.3, -0.25) is 9.36 Å². The molecule has 0 aromatic carbocycles. The molecule has 0 bridgehead atoms. The van der Waals surface area contributed by atoms with Crippen LogP contribution in [-0.4, -0.2) is 56.0 Å². The molecule has 3 N–H and O–H groups in total. The number of nitrogens with two attached hydrogens (primary N) is 1. The topological polar surface area (TPSA) is 126 Å². The summed E-state index contributed by atoms with van der Waals surface area (Å²) in [5.41, 5.74) is 6.61. The number of hydrogen-bond acceptors (Lipinski definition) is 8. The highest BCUT2D eigenvalue weighted by Crippen LogP contribution is 2.43. The highest BCUT2D eigenvalue weighted by atomic mass is 127. The number of imidazole rings is 1. The lowest BCUT2D eigenvalue weighted by Crippen LogP contribution is -2.42. The molecule has 10 nitrogen and oxygen atoms in total. The van der Waals surface area contributed by atoms with Crippen LogP contribution in [0.15, 0.2) is 6.33 Å². The second kappa shape index (κ2) is 6.25. The number of nitrogens with one attached hydrogen (secondary N) is 1. The molecule has 2 unspecified atom stereocenters. The predicted molar refractivity (Wildman–Crippen MR) is 98.9 cm³/mol. The first kappa shape index (κ1) is 12.8. The minimum absolute atomic E-state index is 0.173. The smallest absolute Gasteiger partial charge is 0.252 e. The van der Waals surface area contributed by atoms with Gasteiger partial charge in [-0.1, -0.05) is 0 Å². The van der Waals surface area contributed by atoms with Crippen molar-refractivity contribution in [2.75, 3.05) is 12.2 Å². The number of anilines is 1. The van der Waals surface area contributed by atoms with Gasteiger partial charge in [-0.25, -0.2) is 15.0 Å². The van der Waals surface area contributed by atoms with Crippen LogP contribution in [0.1, 0.15) is 33.8 Å². The van der Waals surface area contributed by atoms with Crippen LogP contribution in [0.3, 0.4) is 0 Å². The standard InChI is InChI=1S/C15H19IN6O4/c1-4-18-12(23)8-7-9(26-15(2,3)25-7)13(24-8)22-5-19-6-10(17)20-14(16)21-11(6)22/h5,7-9,13H,4H2,1-3H3,(H,18,23)(H2,17,20,21)/t7?,8-,9?,13+/m0/s1/i1D3,4D2. The molecule has 140 valence electrons. The average Bonchev–Trinajstić information content (AvgIpc) is 3.23. The Morgan fingerprint density at radius 1 is 1.50 bits per heavy atom. The highest BCUT2D eigenvalue weighted by Gasteiger charge is 2.58. The van der Waals surface area contributed by atoms with E-state index in [1.165, 1.54) is 10.9 Å². The first-order valence-corrected chi connectivity index (χ1v) is 8.77. The molecular weight excluding hydrogens is 455 g/mol. The Morgan fingerprint density at radius 3 is 3.04 bits per heavy atom. The van der Waals surface area contributed by atoms with Crippen LogP contribution < -0.4 is 11.1 Å². The average molecular weight is 479 g/mol. The van der Waals surface area contributed by atoms with Crippen molar-refractivity contribution < 1.29 is 25.9 Å². The molecule has 0 saturated carbocycles. The van der Waals surface area contributed by atoms with E-state index in [9.17, 15) is 4.79 Å². The van der Waals surface area contributed by atoms with Gasteiger partial charge >= 0.3 is 0 Å². The van der Waals surface area contributed by atoms with Gasteiger partial charge in [0, 0.05) is 35.9 Å². The van der Waals surface area contributed by atoms with Crippen molar-refractivity contribution >= 4 is 45.5 Å². The molecule has 11 heteroatoms. The molecule has 2 aromatic heterocycles. The van der Waals surface area contributed by atoms with Crippen molar-refractivity contribution in [3.8, 4) is 0 Å². The van der Waals surface area contributed by atoms with Gasteiger partial charge in [0.05, 0.1) is 6.33 Å². The van der Waals surface area contributed by atoms with Crippen molar-refractivity contribution in [2.24, 2.45) is 0 Å². The molecule has 2 saturated heterocycles. The van der Waals surface area contributed by atoms with Crippen LogP contribution in [0.5, 0.6) is 0 Å². The van der Waals surface area contributed by atoms with Gasteiger partial charge in [0.2, 0.25) is 0 Å². The summed E-state index contributed by atoms with van der Waals surface area (Å²) < 4.78 is 56.8. The van der Waals surface area contributed by atoms with Crippen LogP contribution in [0.25, 0.3) is 11.2 Å². The fraction of sp³-hybridized carbons (Fsp3) is 0.600. The Bertz CT molecular complexity index is 1050. The molecule has 4 atom stereocenters. The van der Waals surface area contributed by atoms with E-state index in [2.05, 4.69) is 15.0 Å². The van der Waals surface area contributed by atoms with Crippen LogP contribution in [0.4, 0.5) is 5.82 Å². The van der Waals surface area contributed by atoms with Crippen molar-refractivity contribution in [3.63, 3.8) is 0 Å². The van der Waals surface area contributed by atoms with Crippen molar-refractivity contribution in [2.45, 2.75) is 51.0 Å². The molecule has 0 spiro atoms. The Labute approximate surface area is 170 Å². The van der Waals surface area contributed by atoms with Gasteiger partial charge in [-0.05, 0) is 20.7 Å². The number of halogens is 1. The number of fused-ring (bicyclic) bond motifs is 2. The molecule has 26 heavy (non-hydrogen) atoms. The summed E-state index contributed by atoms with van der Waals surface area (Å²) in [6.45, 7) is -2.71. The van der Waals surface area contributed by atoms with Gasteiger partial charge in [0.1, 0.15) is 17.7 Å². The molecule has 2 fully saturated rings. The number of rotatable bonds is 3. The van der Waals surface area contributed by atoms with E-state index in [0.29, 0.717) is 15.0 Å². The zero-order valence-electron chi connectivity index (χ0n) is 18.8. The third-order valence-electron chi connectivity index (χ3n) is 4.17. The summed E-state index contributed by atoms with van der Waals surface area (Å²) in [4.78, 5) is 25.4. The third kappa shape index (κ3) is 2.82. The first-order valence-electron chi connectivity index (χ1n) is 10.2. The second-order valence-electron chi connectivity index (χ2n) is 6.33. The lowest BCUT2D eigenvalue weighted by molar-refractivity contribution is -0.197. The summed E-state index contributed by atoms with van der Waals surface area (Å²) in [5.74, 6) is -1.86. The molecule has 4 rings (SSSR count). The van der Waals surface area contributed by atoms with Crippen LogP contribution in [0.2, 0.25) is 0 Å². The van der Waals surface area contributed by atoms with Gasteiger partial charge in [0.25, 0.3) is 5.91 Å². The second-order valence-corrected chi connectivity index (χ2v) is 7.29. The van der Waals surface area contributed by atoms with Gasteiger partial charge in [-0.2, -0.15) is 0 Å². The molecule has 2 aromatic rings. The number of amides is 1. The predicted octanol–water partition coefficient (Wildman–Crippen LogP) is 0.567. The molecule has 4 heterocycles. The highest BCUT2D eigenvalue weighted by molar-refractivity contribution is 14.1. The van der Waals surface area contributed by atoms with Crippen LogP contribution in [-0.2, 0) is 19.0 Å². The van der Waals surface area contributed by atoms with E-state index >= 15 is 0 Å². The van der Waals surface area contributed by atoms with E-state index in [0.717, 1.165) is 0 Å². The maximum Gasteiger partial charge on any atom is 0.252 e. The number of nitrogen functional groups attached to an aromatic ring is 1. The van der Waals surface area contributed by atoms with E-state index in [1.54, 1.807) is 13.8 Å². The van der Waals surface area contributed by atoms with E-state index in [-0.39, 0.29) is 5.82 Å². The lowest BCUT2D eigenvalue weighted by atomic mass is 10.1. The molecule has 1 amide bonds. The van der Waals surface area contributed by atoms with Gasteiger partial charge in [-0.15, -0.1) is 0 Å². The number of aromatic nitrogens is 4. The zero-order valence-corrected chi connectivity index (χ0v) is 15.9. The Kier molecular flexibility index (Phi) is 3.07. The molecular formula is C15H19IN6O4. The van der Waals surface area contributed by atoms with E-state index < -0.39 is 49.6 Å². The van der Waals surface area contributed by atoms with Crippen molar-refractivity contribution in [1.29, 1.82) is 0 Å². The van der Waals surface area contributed by atoms with E-state index in [1.807, 2.05) is 27.9 Å². The number of likely N-dealkylation sites (N-methyl/N-ethyl adjacent to an activating group) is 1. The zero-order chi connectivity index (χ0) is 22.9. The fourth-order valence-corrected chi connectivity index (χ4v) is 3.73. The normalized spacial score (nSPS) is 33.7. The summed E-state index contributed by atoms with van der Waals surface area (Å²) >= 11 is 1.91. The largest absolute Gasteiger partial charge is 0.382 e. The summed E-state index contributed by atoms with van der Waals surface area (Å²) in [7, 11) is 0. The summed E-state index contributed by atoms with van der Waals surface area (Å²) in [6, 6.07) is 0. The molecule has 2 aliphatic rings. The molecule has 0 radical (unpaired) electrons. The van der Waals surface area contributed by atoms with Gasteiger partial charge in [0.15, 0.2) is 33.4 Å². The van der Waals surface area contributed by atoms with Crippen molar-refractivity contribution in [3.05, 3.63) is 10.2 Å². The third-order valence-corrected chi connectivity index (χ3v) is 4.65. The number of carbonyl (C=O) groups is 1. The Hall–Kier alpha value is -1.57. The van der Waals surface area contributed by atoms with E-state index in [4.69, 9.17) is 26.8 Å². The first-order chi connectivity index (χ1) is 14.2. The number of ether oxygens (including phenoxy) is 3.